The average Bonchev–Trinajstić information content (AvgIpc) is 2.56. The molecule has 0 saturated carbocycles. The summed E-state index contributed by atoms with van der Waals surface area (Å²) in [6, 6.07) is 7.20. The maximum Gasteiger partial charge on any atom is 0.256 e. The quantitative estimate of drug-likeness (QED) is 0.701. The summed E-state index contributed by atoms with van der Waals surface area (Å²) < 4.78 is 11.1. The van der Waals surface area contributed by atoms with Gasteiger partial charge in [-0.15, -0.1) is 0 Å². The molecule has 1 aromatic carbocycles. The first-order valence-corrected chi connectivity index (χ1v) is 8.13. The molecule has 1 N–H and O–H groups in total. The number of nitrogens with one attached hydrogen (secondary N) is 1. The third kappa shape index (κ3) is 5.26. The predicted octanol–water partition coefficient (Wildman–Crippen LogP) is 3.88. The number of rotatable bonds is 9. The van der Waals surface area contributed by atoms with Gasteiger partial charge in [-0.3, -0.25) is 4.79 Å². The Hall–Kier alpha value is -2.06. The predicted molar refractivity (Wildman–Crippen MR) is 90.5 cm³/mol. The number of nitrogens with zero attached hydrogens (tertiary/aromatic N) is 1. The first-order valence-electron chi connectivity index (χ1n) is 8.13. The van der Waals surface area contributed by atoms with Gasteiger partial charge in [-0.1, -0.05) is 20.3 Å². The molecule has 0 radical (unpaired) electrons. The van der Waals surface area contributed by atoms with E-state index in [1.807, 2.05) is 13.8 Å². The summed E-state index contributed by atoms with van der Waals surface area (Å²) in [4.78, 5) is 12.4. The Balaban J connectivity index is 2.88. The summed E-state index contributed by atoms with van der Waals surface area (Å²) in [5.74, 6) is 0.383. The maximum absolute atomic E-state index is 12.4. The fraction of sp³-hybridized carbons (Fsp3) is 0.556. The van der Waals surface area contributed by atoms with Crippen molar-refractivity contribution in [2.75, 3.05) is 18.5 Å². The van der Waals surface area contributed by atoms with Crippen LogP contribution in [0.2, 0.25) is 0 Å². The number of hydrogen-bond acceptors (Lipinski definition) is 4. The van der Waals surface area contributed by atoms with Gasteiger partial charge in [-0.2, -0.15) is 5.26 Å². The summed E-state index contributed by atoms with van der Waals surface area (Å²) in [6.45, 7) is 8.65. The fourth-order valence-corrected chi connectivity index (χ4v) is 2.05. The van der Waals surface area contributed by atoms with Crippen molar-refractivity contribution in [1.29, 1.82) is 5.26 Å². The molecule has 1 amide bonds. The van der Waals surface area contributed by atoms with E-state index in [4.69, 9.17) is 9.47 Å². The lowest BCUT2D eigenvalue weighted by Gasteiger charge is -2.27. The number of hydrogen-bond donors (Lipinski definition) is 1. The number of nitriles is 1. The number of amides is 1. The molecule has 0 aliphatic heterocycles. The molecule has 0 aliphatic carbocycles. The van der Waals surface area contributed by atoms with E-state index in [-0.39, 0.29) is 5.91 Å². The third-order valence-electron chi connectivity index (χ3n) is 3.74. The molecule has 1 rings (SSSR count). The standard InChI is InChI=1S/C18H26N2O3/c1-5-8-11-22-15-9-10-16(14(12-15)13-19)20-17(21)18(4,6-2)23-7-3/h9-10,12H,5-8,11H2,1-4H3,(H,20,21)/t18-/m1/s1. The lowest BCUT2D eigenvalue weighted by Crippen LogP contribution is -2.42. The Morgan fingerprint density at radius 3 is 2.65 bits per heavy atom. The van der Waals surface area contributed by atoms with Crippen LogP contribution >= 0.6 is 0 Å². The van der Waals surface area contributed by atoms with E-state index in [9.17, 15) is 10.1 Å². The lowest BCUT2D eigenvalue weighted by atomic mass is 10.0. The second-order valence-electron chi connectivity index (χ2n) is 5.49. The Labute approximate surface area is 138 Å². The number of unbranched alkanes of at least 4 members (excludes halogenated alkanes) is 1. The topological polar surface area (TPSA) is 71.3 Å². The highest BCUT2D eigenvalue weighted by Crippen LogP contribution is 2.24. The summed E-state index contributed by atoms with van der Waals surface area (Å²) in [7, 11) is 0. The molecule has 0 saturated heterocycles. The van der Waals surface area contributed by atoms with Crippen LogP contribution < -0.4 is 10.1 Å². The average molecular weight is 318 g/mol. The minimum Gasteiger partial charge on any atom is -0.494 e. The monoisotopic (exact) mass is 318 g/mol. The van der Waals surface area contributed by atoms with Gasteiger partial charge in [0.05, 0.1) is 17.9 Å². The molecule has 0 heterocycles. The van der Waals surface area contributed by atoms with Crippen molar-refractivity contribution >= 4 is 11.6 Å². The Morgan fingerprint density at radius 2 is 2.09 bits per heavy atom. The molecule has 126 valence electrons. The number of benzene rings is 1. The van der Waals surface area contributed by atoms with Crippen LogP contribution in [0.15, 0.2) is 18.2 Å². The van der Waals surface area contributed by atoms with Crippen molar-refractivity contribution in [2.24, 2.45) is 0 Å². The van der Waals surface area contributed by atoms with Gasteiger partial charge >= 0.3 is 0 Å². The SMILES string of the molecule is CCCCOc1ccc(NC(=O)[C@@](C)(CC)OCC)c(C#N)c1. The van der Waals surface area contributed by atoms with E-state index in [2.05, 4.69) is 18.3 Å². The van der Waals surface area contributed by atoms with Gasteiger partial charge in [-0.05, 0) is 44.9 Å². The van der Waals surface area contributed by atoms with Crippen molar-refractivity contribution in [3.8, 4) is 11.8 Å². The molecule has 0 aliphatic rings. The second-order valence-corrected chi connectivity index (χ2v) is 5.49. The third-order valence-corrected chi connectivity index (χ3v) is 3.74. The van der Waals surface area contributed by atoms with Gasteiger partial charge in [0.15, 0.2) is 0 Å². The van der Waals surface area contributed by atoms with Crippen LogP contribution in [-0.4, -0.2) is 24.7 Å². The zero-order valence-corrected chi connectivity index (χ0v) is 14.4. The van der Waals surface area contributed by atoms with E-state index in [0.717, 1.165) is 12.8 Å². The molecule has 5 heteroatoms. The minimum atomic E-state index is -0.905. The zero-order valence-electron chi connectivity index (χ0n) is 14.4. The number of ether oxygens (including phenoxy) is 2. The van der Waals surface area contributed by atoms with Gasteiger partial charge < -0.3 is 14.8 Å². The first kappa shape index (κ1) is 19.0. The molecule has 0 spiro atoms. The normalized spacial score (nSPS) is 13.0. The molecule has 0 aromatic heterocycles. The molecule has 0 bridgehead atoms. The van der Waals surface area contributed by atoms with E-state index in [1.54, 1.807) is 25.1 Å². The van der Waals surface area contributed by atoms with Crippen molar-refractivity contribution in [2.45, 2.75) is 52.6 Å². The van der Waals surface area contributed by atoms with E-state index in [0.29, 0.717) is 36.6 Å². The Bertz CT molecular complexity index is 566. The smallest absolute Gasteiger partial charge is 0.256 e. The van der Waals surface area contributed by atoms with Crippen molar-refractivity contribution in [3.05, 3.63) is 23.8 Å². The lowest BCUT2D eigenvalue weighted by molar-refractivity contribution is -0.139. The number of carbonyl (C=O) groups excluding carboxylic acids is 1. The summed E-state index contributed by atoms with van der Waals surface area (Å²) in [5.41, 5.74) is -0.0559. The van der Waals surface area contributed by atoms with Crippen LogP contribution in [0.4, 0.5) is 5.69 Å². The second kappa shape index (κ2) is 9.16. The summed E-state index contributed by atoms with van der Waals surface area (Å²) >= 11 is 0. The van der Waals surface area contributed by atoms with Crippen LogP contribution in [0.25, 0.3) is 0 Å². The van der Waals surface area contributed by atoms with Crippen LogP contribution in [-0.2, 0) is 9.53 Å². The zero-order chi connectivity index (χ0) is 17.3. The Kier molecular flexibility index (Phi) is 7.56. The van der Waals surface area contributed by atoms with Crippen molar-refractivity contribution in [1.82, 2.24) is 0 Å². The molecular formula is C18H26N2O3. The molecule has 0 unspecified atom stereocenters. The maximum atomic E-state index is 12.4. The summed E-state index contributed by atoms with van der Waals surface area (Å²) in [6.07, 6.45) is 2.56. The molecular weight excluding hydrogens is 292 g/mol. The highest BCUT2D eigenvalue weighted by Gasteiger charge is 2.32. The molecule has 1 aromatic rings. The highest BCUT2D eigenvalue weighted by atomic mass is 16.5. The molecule has 0 fully saturated rings. The minimum absolute atomic E-state index is 0.252. The molecule has 5 nitrogen and oxygen atoms in total. The number of carbonyl (C=O) groups is 1. The van der Waals surface area contributed by atoms with E-state index < -0.39 is 5.60 Å². The van der Waals surface area contributed by atoms with Gasteiger partial charge in [0, 0.05) is 6.61 Å². The summed E-state index contributed by atoms with van der Waals surface area (Å²) in [5, 5.41) is 12.1. The van der Waals surface area contributed by atoms with Gasteiger partial charge in [0.1, 0.15) is 17.4 Å². The van der Waals surface area contributed by atoms with Gasteiger partial charge in [0.2, 0.25) is 0 Å². The van der Waals surface area contributed by atoms with Crippen LogP contribution in [0, 0.1) is 11.3 Å². The largest absolute Gasteiger partial charge is 0.494 e. The van der Waals surface area contributed by atoms with E-state index in [1.165, 1.54) is 0 Å². The van der Waals surface area contributed by atoms with Crippen molar-refractivity contribution in [3.63, 3.8) is 0 Å². The molecule has 1 atom stereocenters. The van der Waals surface area contributed by atoms with Crippen LogP contribution in [0.1, 0.15) is 52.5 Å². The Morgan fingerprint density at radius 1 is 1.35 bits per heavy atom. The van der Waals surface area contributed by atoms with E-state index >= 15 is 0 Å². The van der Waals surface area contributed by atoms with Crippen LogP contribution in [0.3, 0.4) is 0 Å². The van der Waals surface area contributed by atoms with Crippen LogP contribution in [0.5, 0.6) is 5.75 Å². The van der Waals surface area contributed by atoms with Gasteiger partial charge in [-0.25, -0.2) is 0 Å². The van der Waals surface area contributed by atoms with Gasteiger partial charge in [0.25, 0.3) is 5.91 Å². The first-order chi connectivity index (χ1) is 11.0. The fourth-order valence-electron chi connectivity index (χ4n) is 2.05. The highest BCUT2D eigenvalue weighted by molar-refractivity contribution is 5.98. The molecule has 23 heavy (non-hydrogen) atoms. The van der Waals surface area contributed by atoms with Crippen molar-refractivity contribution < 1.29 is 14.3 Å². The number of anilines is 1.